The summed E-state index contributed by atoms with van der Waals surface area (Å²) < 4.78 is 54.1. The van der Waals surface area contributed by atoms with E-state index < -0.39 is 39.7 Å². The van der Waals surface area contributed by atoms with E-state index in [9.17, 15) is 22.4 Å². The lowest BCUT2D eigenvalue weighted by Gasteiger charge is -2.05. The third-order valence-corrected chi connectivity index (χ3v) is 2.61. The largest absolute Gasteiger partial charge is 0.270 e. The van der Waals surface area contributed by atoms with E-state index in [4.69, 9.17) is 0 Å². The number of halogens is 4. The first-order valence-electron chi connectivity index (χ1n) is 5.01. The summed E-state index contributed by atoms with van der Waals surface area (Å²) in [4.78, 5) is 19.1. The smallest absolute Gasteiger partial charge is 0.268 e. The van der Waals surface area contributed by atoms with Crippen LogP contribution in [-0.2, 0) is 0 Å². The highest BCUT2D eigenvalue weighted by molar-refractivity contribution is 5.80. The molecule has 0 unspecified atom stereocenters. The third-order valence-electron chi connectivity index (χ3n) is 2.61. The van der Waals surface area contributed by atoms with Crippen molar-refractivity contribution in [3.05, 3.63) is 52.1 Å². The summed E-state index contributed by atoms with van der Waals surface area (Å²) >= 11 is 0. The van der Waals surface area contributed by atoms with E-state index in [-0.39, 0.29) is 5.78 Å². The van der Waals surface area contributed by atoms with Crippen molar-refractivity contribution < 1.29 is 17.6 Å². The highest BCUT2D eigenvalue weighted by Crippen LogP contribution is 2.23. The molecule has 0 fully saturated rings. The second kappa shape index (κ2) is 3.74. The molecule has 0 aliphatic heterocycles. The van der Waals surface area contributed by atoms with Crippen molar-refractivity contribution in [2.24, 2.45) is 0 Å². The number of rotatable bonds is 0. The summed E-state index contributed by atoms with van der Waals surface area (Å²) in [6, 6.07) is 1.36. The molecule has 96 valence electrons. The van der Waals surface area contributed by atoms with Crippen LogP contribution in [0.1, 0.15) is 0 Å². The highest BCUT2D eigenvalue weighted by atomic mass is 19.2. The van der Waals surface area contributed by atoms with Crippen LogP contribution in [-0.4, -0.2) is 14.4 Å². The molecule has 2 heterocycles. The van der Waals surface area contributed by atoms with Crippen molar-refractivity contribution >= 4 is 16.7 Å². The van der Waals surface area contributed by atoms with E-state index in [1.54, 1.807) is 0 Å². The summed E-state index contributed by atoms with van der Waals surface area (Å²) in [5.74, 6) is -7.81. The van der Waals surface area contributed by atoms with Gasteiger partial charge in [0.25, 0.3) is 5.56 Å². The van der Waals surface area contributed by atoms with Crippen molar-refractivity contribution in [3.63, 3.8) is 0 Å². The molecule has 0 aliphatic carbocycles. The number of aromatic nitrogens is 3. The molecule has 0 aliphatic rings. The van der Waals surface area contributed by atoms with E-state index >= 15 is 0 Å². The Labute approximate surface area is 102 Å². The van der Waals surface area contributed by atoms with Gasteiger partial charge in [-0.3, -0.25) is 9.20 Å². The van der Waals surface area contributed by atoms with Gasteiger partial charge in [0, 0.05) is 12.4 Å². The molecule has 0 saturated carbocycles. The number of nitrogens with zero attached hydrogens (tertiary/aromatic N) is 3. The van der Waals surface area contributed by atoms with Crippen molar-refractivity contribution in [1.82, 2.24) is 14.4 Å². The average molecular weight is 269 g/mol. The Hall–Kier alpha value is -2.51. The molecule has 19 heavy (non-hydrogen) atoms. The zero-order valence-electron chi connectivity index (χ0n) is 8.99. The maximum Gasteiger partial charge on any atom is 0.270 e. The quantitative estimate of drug-likeness (QED) is 0.270. The molecule has 0 N–H and O–H groups in total. The van der Waals surface area contributed by atoms with Crippen LogP contribution in [0.2, 0.25) is 0 Å². The first-order valence-corrected chi connectivity index (χ1v) is 5.01. The fraction of sp³-hybridized carbons (Fsp3) is 0. The summed E-state index contributed by atoms with van der Waals surface area (Å²) in [6.07, 6.45) is 2.47. The molecule has 0 spiro atoms. The van der Waals surface area contributed by atoms with Crippen LogP contribution in [0.3, 0.4) is 0 Å². The summed E-state index contributed by atoms with van der Waals surface area (Å²) in [5.41, 5.74) is -1.96. The minimum Gasteiger partial charge on any atom is -0.268 e. The Morgan fingerprint density at radius 2 is 1.68 bits per heavy atom. The Kier molecular flexibility index (Phi) is 2.28. The van der Waals surface area contributed by atoms with Crippen LogP contribution in [0, 0.1) is 23.3 Å². The van der Waals surface area contributed by atoms with Gasteiger partial charge in [0.05, 0.1) is 0 Å². The lowest BCUT2D eigenvalue weighted by atomic mass is 10.2. The first-order chi connectivity index (χ1) is 9.02. The minimum absolute atomic E-state index is 0.246. The predicted octanol–water partition coefficient (Wildman–Crippen LogP) is 1.80. The normalized spacial score (nSPS) is 11.4. The molecule has 0 bridgehead atoms. The molecular formula is C11H3F4N3O. The van der Waals surface area contributed by atoms with Crippen LogP contribution >= 0.6 is 0 Å². The monoisotopic (exact) mass is 269 g/mol. The fourth-order valence-corrected chi connectivity index (χ4v) is 1.75. The van der Waals surface area contributed by atoms with Gasteiger partial charge < -0.3 is 0 Å². The minimum atomic E-state index is -2.05. The van der Waals surface area contributed by atoms with Crippen molar-refractivity contribution in [2.45, 2.75) is 0 Å². The molecule has 4 nitrogen and oxygen atoms in total. The molecule has 8 heteroatoms. The SMILES string of the molecule is O=c1c2c(F)c(F)c(F)c(F)c2nc2ncccn12. The van der Waals surface area contributed by atoms with Gasteiger partial charge in [0.15, 0.2) is 23.3 Å². The molecule has 2 aromatic heterocycles. The van der Waals surface area contributed by atoms with Gasteiger partial charge in [-0.15, -0.1) is 0 Å². The van der Waals surface area contributed by atoms with Crippen LogP contribution in [0.25, 0.3) is 16.7 Å². The first kappa shape index (κ1) is 11.6. The van der Waals surface area contributed by atoms with Gasteiger partial charge in [-0.25, -0.2) is 27.5 Å². The maximum absolute atomic E-state index is 13.6. The Balaban J connectivity index is 2.71. The van der Waals surface area contributed by atoms with Crippen molar-refractivity contribution in [3.8, 4) is 0 Å². The Morgan fingerprint density at radius 3 is 2.42 bits per heavy atom. The maximum atomic E-state index is 13.6. The van der Waals surface area contributed by atoms with E-state index in [1.807, 2.05) is 0 Å². The van der Waals surface area contributed by atoms with Crippen LogP contribution < -0.4 is 5.56 Å². The van der Waals surface area contributed by atoms with Gasteiger partial charge >= 0.3 is 0 Å². The van der Waals surface area contributed by atoms with E-state index in [2.05, 4.69) is 9.97 Å². The summed E-state index contributed by atoms with van der Waals surface area (Å²) in [6.45, 7) is 0. The van der Waals surface area contributed by atoms with Crippen LogP contribution in [0.15, 0.2) is 23.3 Å². The molecule has 1 aromatic carbocycles. The lowest BCUT2D eigenvalue weighted by molar-refractivity contribution is 0.416. The van der Waals surface area contributed by atoms with E-state index in [0.29, 0.717) is 0 Å². The summed E-state index contributed by atoms with van der Waals surface area (Å²) in [5, 5.41) is -0.957. The topological polar surface area (TPSA) is 47.3 Å². The standard InChI is InChI=1S/C11H3F4N3O/c12-5-4-9(8(15)7(14)6(5)13)17-11-16-2-1-3-18(11)10(4)19/h1-3H. The Bertz CT molecular complexity index is 891. The molecule has 0 radical (unpaired) electrons. The Morgan fingerprint density at radius 1 is 1.00 bits per heavy atom. The zero-order valence-corrected chi connectivity index (χ0v) is 8.99. The number of hydrogen-bond acceptors (Lipinski definition) is 3. The predicted molar refractivity (Wildman–Crippen MR) is 56.6 cm³/mol. The number of fused-ring (bicyclic) bond motifs is 2. The number of benzene rings is 1. The van der Waals surface area contributed by atoms with Gasteiger partial charge in [-0.2, -0.15) is 0 Å². The van der Waals surface area contributed by atoms with Gasteiger partial charge in [0.2, 0.25) is 5.78 Å². The van der Waals surface area contributed by atoms with Crippen LogP contribution in [0.4, 0.5) is 17.6 Å². The molecular weight excluding hydrogens is 266 g/mol. The van der Waals surface area contributed by atoms with E-state index in [0.717, 1.165) is 4.40 Å². The number of hydrogen-bond donors (Lipinski definition) is 0. The molecule has 3 rings (SSSR count). The lowest BCUT2D eigenvalue weighted by Crippen LogP contribution is -2.19. The third kappa shape index (κ3) is 1.42. The van der Waals surface area contributed by atoms with Crippen molar-refractivity contribution in [1.29, 1.82) is 0 Å². The van der Waals surface area contributed by atoms with Gasteiger partial charge in [-0.1, -0.05) is 0 Å². The summed E-state index contributed by atoms with van der Waals surface area (Å²) in [7, 11) is 0. The molecule has 0 amide bonds. The molecule has 0 atom stereocenters. The van der Waals surface area contributed by atoms with Crippen molar-refractivity contribution in [2.75, 3.05) is 0 Å². The van der Waals surface area contributed by atoms with Gasteiger partial charge in [0.1, 0.15) is 10.9 Å². The molecule has 3 aromatic rings. The molecule has 0 saturated heterocycles. The highest BCUT2D eigenvalue weighted by Gasteiger charge is 2.24. The second-order valence-corrected chi connectivity index (χ2v) is 3.69. The fourth-order valence-electron chi connectivity index (χ4n) is 1.75. The van der Waals surface area contributed by atoms with Gasteiger partial charge in [-0.05, 0) is 6.07 Å². The van der Waals surface area contributed by atoms with Crippen LogP contribution in [0.5, 0.6) is 0 Å². The second-order valence-electron chi connectivity index (χ2n) is 3.69. The average Bonchev–Trinajstić information content (AvgIpc) is 2.43. The van der Waals surface area contributed by atoms with E-state index in [1.165, 1.54) is 18.5 Å². The zero-order chi connectivity index (χ0) is 13.7.